The van der Waals surface area contributed by atoms with E-state index in [0.717, 1.165) is 11.5 Å². The van der Waals surface area contributed by atoms with Crippen molar-refractivity contribution >= 4 is 0 Å². The van der Waals surface area contributed by atoms with Gasteiger partial charge in [-0.05, 0) is 43.7 Å². The Morgan fingerprint density at radius 2 is 1.62 bits per heavy atom. The lowest BCUT2D eigenvalue weighted by atomic mass is 9.62. The van der Waals surface area contributed by atoms with Crippen LogP contribution < -0.4 is 0 Å². The minimum Gasteiger partial charge on any atom is -0.497 e. The molecule has 24 heavy (non-hydrogen) atoms. The fourth-order valence-corrected chi connectivity index (χ4v) is 5.01. The number of fused-ring (bicyclic) bond motifs is 1. The third-order valence-corrected chi connectivity index (χ3v) is 6.36. The predicted molar refractivity (Wildman–Crippen MR) is 96.7 cm³/mol. The summed E-state index contributed by atoms with van der Waals surface area (Å²) in [6.45, 7) is 2.17. The molecule has 0 heterocycles. The van der Waals surface area contributed by atoms with Crippen LogP contribution in [0.2, 0.25) is 0 Å². The van der Waals surface area contributed by atoms with Crippen molar-refractivity contribution in [1.29, 1.82) is 0 Å². The summed E-state index contributed by atoms with van der Waals surface area (Å²) < 4.78 is 11.3. The summed E-state index contributed by atoms with van der Waals surface area (Å²) in [5.74, 6) is 3.19. The van der Waals surface area contributed by atoms with E-state index in [0.29, 0.717) is 11.8 Å². The first-order valence-electron chi connectivity index (χ1n) is 9.31. The van der Waals surface area contributed by atoms with Gasteiger partial charge >= 0.3 is 0 Å². The Bertz CT molecular complexity index is 674. The molecule has 0 amide bonds. The van der Waals surface area contributed by atoms with E-state index < -0.39 is 0 Å². The van der Waals surface area contributed by atoms with Gasteiger partial charge in [0.15, 0.2) is 5.76 Å². The number of methoxy groups -OCH3 is 2. The lowest BCUT2D eigenvalue weighted by molar-refractivity contribution is 0.206. The highest BCUT2D eigenvalue weighted by molar-refractivity contribution is 5.48. The zero-order valence-electron chi connectivity index (χ0n) is 15.1. The van der Waals surface area contributed by atoms with Gasteiger partial charge in [0, 0.05) is 11.3 Å². The van der Waals surface area contributed by atoms with Gasteiger partial charge < -0.3 is 9.47 Å². The van der Waals surface area contributed by atoms with E-state index in [4.69, 9.17) is 9.47 Å². The summed E-state index contributed by atoms with van der Waals surface area (Å²) in [4.78, 5) is 0. The van der Waals surface area contributed by atoms with Crippen molar-refractivity contribution in [3.8, 4) is 0 Å². The fraction of sp³-hybridized carbons (Fsp3) is 0.545. The highest BCUT2D eigenvalue weighted by Crippen LogP contribution is 2.60. The number of hydrogen-bond acceptors (Lipinski definition) is 2. The SMILES string of the molecule is COC1=C(OC)C2CC2C(C2(c3ccc(C)cc3)CCCCC2)=C1. The van der Waals surface area contributed by atoms with Crippen LogP contribution in [-0.2, 0) is 14.9 Å². The van der Waals surface area contributed by atoms with Crippen molar-refractivity contribution in [2.45, 2.75) is 50.9 Å². The molecule has 0 spiro atoms. The van der Waals surface area contributed by atoms with Gasteiger partial charge in [-0.15, -0.1) is 0 Å². The van der Waals surface area contributed by atoms with Crippen molar-refractivity contribution < 1.29 is 9.47 Å². The lowest BCUT2D eigenvalue weighted by Crippen LogP contribution is -2.33. The van der Waals surface area contributed by atoms with Crippen molar-refractivity contribution in [2.75, 3.05) is 14.2 Å². The molecule has 0 bridgehead atoms. The van der Waals surface area contributed by atoms with E-state index >= 15 is 0 Å². The monoisotopic (exact) mass is 324 g/mol. The van der Waals surface area contributed by atoms with Gasteiger partial charge in [-0.2, -0.15) is 0 Å². The van der Waals surface area contributed by atoms with E-state index in [1.54, 1.807) is 19.8 Å². The van der Waals surface area contributed by atoms with Crippen LogP contribution in [0.15, 0.2) is 47.4 Å². The normalized spacial score (nSPS) is 28.0. The van der Waals surface area contributed by atoms with Gasteiger partial charge in [-0.1, -0.05) is 54.7 Å². The quantitative estimate of drug-likeness (QED) is 0.750. The van der Waals surface area contributed by atoms with Crippen LogP contribution in [0.25, 0.3) is 0 Å². The van der Waals surface area contributed by atoms with Crippen molar-refractivity contribution in [2.24, 2.45) is 11.8 Å². The summed E-state index contributed by atoms with van der Waals surface area (Å²) in [6.07, 6.45) is 10.1. The number of rotatable bonds is 4. The van der Waals surface area contributed by atoms with Crippen LogP contribution in [0.4, 0.5) is 0 Å². The molecule has 4 rings (SSSR count). The van der Waals surface area contributed by atoms with Crippen LogP contribution in [-0.4, -0.2) is 14.2 Å². The van der Waals surface area contributed by atoms with Gasteiger partial charge in [0.25, 0.3) is 0 Å². The molecule has 128 valence electrons. The second kappa shape index (κ2) is 5.98. The first kappa shape index (κ1) is 15.8. The Morgan fingerprint density at radius 1 is 0.917 bits per heavy atom. The molecule has 3 aliphatic rings. The van der Waals surface area contributed by atoms with Crippen molar-refractivity contribution in [1.82, 2.24) is 0 Å². The number of aryl methyl sites for hydroxylation is 1. The zero-order valence-corrected chi connectivity index (χ0v) is 15.1. The Hall–Kier alpha value is -1.70. The number of benzene rings is 1. The molecule has 0 radical (unpaired) electrons. The Balaban J connectivity index is 1.82. The maximum Gasteiger partial charge on any atom is 0.156 e. The molecule has 2 fully saturated rings. The molecule has 2 heteroatoms. The first-order valence-corrected chi connectivity index (χ1v) is 9.31. The molecule has 2 unspecified atom stereocenters. The molecule has 0 aliphatic heterocycles. The second-order valence-electron chi connectivity index (χ2n) is 7.69. The molecule has 2 atom stereocenters. The molecule has 3 aliphatic carbocycles. The van der Waals surface area contributed by atoms with Crippen LogP contribution in [0, 0.1) is 18.8 Å². The molecule has 2 nitrogen and oxygen atoms in total. The van der Waals surface area contributed by atoms with Gasteiger partial charge in [0.05, 0.1) is 14.2 Å². The van der Waals surface area contributed by atoms with Crippen LogP contribution in [0.3, 0.4) is 0 Å². The molecule has 0 aromatic heterocycles. The average molecular weight is 324 g/mol. The summed E-state index contributed by atoms with van der Waals surface area (Å²) in [7, 11) is 3.55. The van der Waals surface area contributed by atoms with Crippen molar-refractivity contribution in [3.63, 3.8) is 0 Å². The van der Waals surface area contributed by atoms with E-state index in [9.17, 15) is 0 Å². The van der Waals surface area contributed by atoms with E-state index in [-0.39, 0.29) is 5.41 Å². The first-order chi connectivity index (χ1) is 11.7. The molecule has 1 aromatic rings. The maximum absolute atomic E-state index is 5.69. The Kier molecular flexibility index (Phi) is 3.94. The average Bonchev–Trinajstić information content (AvgIpc) is 3.41. The van der Waals surface area contributed by atoms with E-state index in [2.05, 4.69) is 37.3 Å². The standard InChI is InChI=1S/C22H28O2/c1-15-7-9-16(10-8-15)22(11-5-4-6-12-22)19-14-20(23-2)21(24-3)18-13-17(18)19/h7-10,14,17-18H,4-6,11-13H2,1-3H3. The van der Waals surface area contributed by atoms with Gasteiger partial charge in [-0.3, -0.25) is 0 Å². The van der Waals surface area contributed by atoms with Gasteiger partial charge in [0.2, 0.25) is 0 Å². The van der Waals surface area contributed by atoms with Crippen LogP contribution in [0.5, 0.6) is 0 Å². The number of hydrogen-bond donors (Lipinski definition) is 0. The predicted octanol–water partition coefficient (Wildman–Crippen LogP) is 5.28. The van der Waals surface area contributed by atoms with Gasteiger partial charge in [0.1, 0.15) is 5.76 Å². The maximum atomic E-state index is 5.69. The van der Waals surface area contributed by atoms with E-state index in [1.165, 1.54) is 49.7 Å². The zero-order chi connectivity index (χ0) is 16.7. The number of allylic oxidation sites excluding steroid dienone is 3. The highest BCUT2D eigenvalue weighted by atomic mass is 16.5. The lowest BCUT2D eigenvalue weighted by Gasteiger charge is -2.42. The molecule has 0 N–H and O–H groups in total. The minimum atomic E-state index is 0.203. The van der Waals surface area contributed by atoms with Crippen LogP contribution >= 0.6 is 0 Å². The van der Waals surface area contributed by atoms with Crippen LogP contribution in [0.1, 0.15) is 49.7 Å². The summed E-state index contributed by atoms with van der Waals surface area (Å²) in [6, 6.07) is 9.27. The fourth-order valence-electron chi connectivity index (χ4n) is 5.01. The summed E-state index contributed by atoms with van der Waals surface area (Å²) in [5.41, 5.74) is 4.65. The highest BCUT2D eigenvalue weighted by Gasteiger charge is 2.53. The number of ether oxygens (including phenoxy) is 2. The van der Waals surface area contributed by atoms with E-state index in [1.807, 2.05) is 0 Å². The van der Waals surface area contributed by atoms with Gasteiger partial charge in [-0.25, -0.2) is 0 Å². The Labute approximate surface area is 145 Å². The topological polar surface area (TPSA) is 18.5 Å². The third-order valence-electron chi connectivity index (χ3n) is 6.36. The second-order valence-corrected chi connectivity index (χ2v) is 7.69. The molecule has 1 aromatic carbocycles. The smallest absolute Gasteiger partial charge is 0.156 e. The minimum absolute atomic E-state index is 0.203. The molecular weight excluding hydrogens is 296 g/mol. The third kappa shape index (κ3) is 2.39. The summed E-state index contributed by atoms with van der Waals surface area (Å²) in [5, 5.41) is 0. The van der Waals surface area contributed by atoms with Crippen molar-refractivity contribution in [3.05, 3.63) is 58.6 Å². The molecular formula is C22H28O2. The Morgan fingerprint density at radius 3 is 2.25 bits per heavy atom. The molecule has 2 saturated carbocycles. The molecule has 0 saturated heterocycles. The summed E-state index contributed by atoms with van der Waals surface area (Å²) >= 11 is 0. The largest absolute Gasteiger partial charge is 0.497 e.